The van der Waals surface area contributed by atoms with Gasteiger partial charge in [0.2, 0.25) is 0 Å². The van der Waals surface area contributed by atoms with E-state index in [2.05, 4.69) is 11.8 Å². The maximum Gasteiger partial charge on any atom is 0.282 e. The zero-order valence-electron chi connectivity index (χ0n) is 19.1. The standard InChI is InChI=1S/C25H29N3O4/c1-5-26-11-13-27(14-12-26)23-22(18-9-10-20(31-3)21(16-18)32-4)24(29)28(25(23)30)19-8-6-7-17(2)15-19/h6-10,15-16H,5,11-14H2,1-4H3. The van der Waals surface area contributed by atoms with Crippen molar-refractivity contribution >= 4 is 23.1 Å². The number of methoxy groups -OCH3 is 2. The predicted molar refractivity (Wildman–Crippen MR) is 124 cm³/mol. The Morgan fingerprint density at radius 3 is 2.22 bits per heavy atom. The molecule has 0 N–H and O–H groups in total. The third-order valence-electron chi connectivity index (χ3n) is 6.13. The Labute approximate surface area is 188 Å². The Morgan fingerprint density at radius 1 is 0.875 bits per heavy atom. The summed E-state index contributed by atoms with van der Waals surface area (Å²) < 4.78 is 10.8. The van der Waals surface area contributed by atoms with Gasteiger partial charge in [0, 0.05) is 26.2 Å². The van der Waals surface area contributed by atoms with Crippen LogP contribution in [0.5, 0.6) is 11.5 Å². The van der Waals surface area contributed by atoms with Crippen molar-refractivity contribution in [3.05, 3.63) is 59.3 Å². The number of carbonyl (C=O) groups is 2. The van der Waals surface area contributed by atoms with Crippen LogP contribution in [-0.4, -0.2) is 68.6 Å². The third-order valence-corrected chi connectivity index (χ3v) is 6.13. The van der Waals surface area contributed by atoms with Crippen molar-refractivity contribution in [3.63, 3.8) is 0 Å². The molecule has 2 amide bonds. The highest BCUT2D eigenvalue weighted by Crippen LogP contribution is 2.38. The summed E-state index contributed by atoms with van der Waals surface area (Å²) in [6, 6.07) is 12.8. The molecule has 7 heteroatoms. The van der Waals surface area contributed by atoms with Crippen LogP contribution in [0.25, 0.3) is 5.57 Å². The molecule has 1 fully saturated rings. The SMILES string of the molecule is CCN1CCN(C2=C(c3ccc(OC)c(OC)c3)C(=O)N(c3cccc(C)c3)C2=O)CC1. The second kappa shape index (κ2) is 9.04. The molecule has 32 heavy (non-hydrogen) atoms. The zero-order valence-corrected chi connectivity index (χ0v) is 19.1. The molecule has 4 rings (SSSR count). The van der Waals surface area contributed by atoms with Gasteiger partial charge in [-0.05, 0) is 48.9 Å². The van der Waals surface area contributed by atoms with Crippen LogP contribution in [-0.2, 0) is 9.59 Å². The van der Waals surface area contributed by atoms with E-state index in [4.69, 9.17) is 9.47 Å². The van der Waals surface area contributed by atoms with E-state index < -0.39 is 0 Å². The molecule has 7 nitrogen and oxygen atoms in total. The number of ether oxygens (including phenoxy) is 2. The first-order chi connectivity index (χ1) is 15.5. The average molecular weight is 436 g/mol. The van der Waals surface area contributed by atoms with Gasteiger partial charge in [-0.1, -0.05) is 25.1 Å². The number of imide groups is 1. The second-order valence-electron chi connectivity index (χ2n) is 8.00. The highest BCUT2D eigenvalue weighted by molar-refractivity contribution is 6.45. The van der Waals surface area contributed by atoms with Gasteiger partial charge in [0.15, 0.2) is 11.5 Å². The second-order valence-corrected chi connectivity index (χ2v) is 8.00. The highest BCUT2D eigenvalue weighted by Gasteiger charge is 2.43. The monoisotopic (exact) mass is 435 g/mol. The molecule has 0 aliphatic carbocycles. The van der Waals surface area contributed by atoms with Crippen molar-refractivity contribution in [2.75, 3.05) is 51.8 Å². The van der Waals surface area contributed by atoms with E-state index in [1.165, 1.54) is 4.90 Å². The summed E-state index contributed by atoms with van der Waals surface area (Å²) in [5, 5.41) is 0. The van der Waals surface area contributed by atoms with Crippen LogP contribution in [0, 0.1) is 6.92 Å². The van der Waals surface area contributed by atoms with E-state index in [1.807, 2.05) is 36.1 Å². The van der Waals surface area contributed by atoms with Crippen LogP contribution in [0.15, 0.2) is 48.2 Å². The van der Waals surface area contributed by atoms with Crippen molar-refractivity contribution < 1.29 is 19.1 Å². The first-order valence-corrected chi connectivity index (χ1v) is 10.9. The van der Waals surface area contributed by atoms with E-state index in [0.717, 1.165) is 25.2 Å². The molecule has 2 aromatic carbocycles. The lowest BCUT2D eigenvalue weighted by molar-refractivity contribution is -0.120. The molecule has 0 aromatic heterocycles. The maximum absolute atomic E-state index is 13.7. The van der Waals surface area contributed by atoms with Crippen molar-refractivity contribution in [3.8, 4) is 11.5 Å². The number of carbonyl (C=O) groups excluding carboxylic acids is 2. The smallest absolute Gasteiger partial charge is 0.282 e. The molecule has 0 atom stereocenters. The van der Waals surface area contributed by atoms with Gasteiger partial charge in [0.25, 0.3) is 11.8 Å². The van der Waals surface area contributed by atoms with Gasteiger partial charge >= 0.3 is 0 Å². The lowest BCUT2D eigenvalue weighted by atomic mass is 10.0. The Kier molecular flexibility index (Phi) is 6.19. The van der Waals surface area contributed by atoms with Crippen LogP contribution < -0.4 is 14.4 Å². The van der Waals surface area contributed by atoms with Gasteiger partial charge in [-0.25, -0.2) is 4.90 Å². The fourth-order valence-corrected chi connectivity index (χ4v) is 4.35. The third kappa shape index (κ3) is 3.84. The van der Waals surface area contributed by atoms with Gasteiger partial charge in [-0.15, -0.1) is 0 Å². The minimum Gasteiger partial charge on any atom is -0.493 e. The van der Waals surface area contributed by atoms with Crippen molar-refractivity contribution in [2.24, 2.45) is 0 Å². The van der Waals surface area contributed by atoms with Crippen LogP contribution in [0.3, 0.4) is 0 Å². The van der Waals surface area contributed by atoms with Gasteiger partial charge < -0.3 is 19.3 Å². The normalized spacial score (nSPS) is 17.4. The Bertz CT molecular complexity index is 1070. The van der Waals surface area contributed by atoms with E-state index in [9.17, 15) is 9.59 Å². The Balaban J connectivity index is 1.81. The summed E-state index contributed by atoms with van der Waals surface area (Å²) in [6.07, 6.45) is 0. The van der Waals surface area contributed by atoms with E-state index in [0.29, 0.717) is 47.1 Å². The summed E-state index contributed by atoms with van der Waals surface area (Å²) in [6.45, 7) is 8.14. The van der Waals surface area contributed by atoms with Crippen molar-refractivity contribution in [2.45, 2.75) is 13.8 Å². The fraction of sp³-hybridized carbons (Fsp3) is 0.360. The van der Waals surface area contributed by atoms with Crippen molar-refractivity contribution in [1.82, 2.24) is 9.80 Å². The molecule has 168 valence electrons. The predicted octanol–water partition coefficient (Wildman–Crippen LogP) is 2.93. The molecule has 2 aromatic rings. The lowest BCUT2D eigenvalue weighted by Crippen LogP contribution is -2.47. The number of rotatable bonds is 6. The van der Waals surface area contributed by atoms with E-state index in [1.54, 1.807) is 32.4 Å². The number of hydrogen-bond acceptors (Lipinski definition) is 6. The van der Waals surface area contributed by atoms with Gasteiger partial charge in [-0.3, -0.25) is 9.59 Å². The highest BCUT2D eigenvalue weighted by atomic mass is 16.5. The number of anilines is 1. The number of benzene rings is 2. The topological polar surface area (TPSA) is 62.3 Å². The largest absolute Gasteiger partial charge is 0.493 e. The number of hydrogen-bond donors (Lipinski definition) is 0. The summed E-state index contributed by atoms with van der Waals surface area (Å²) >= 11 is 0. The molecule has 1 saturated heterocycles. The van der Waals surface area contributed by atoms with Gasteiger partial charge in [-0.2, -0.15) is 0 Å². The summed E-state index contributed by atoms with van der Waals surface area (Å²) in [5.74, 6) is 0.486. The quantitative estimate of drug-likeness (QED) is 0.651. The number of piperazine rings is 1. The first-order valence-electron chi connectivity index (χ1n) is 10.9. The minimum atomic E-state index is -0.319. The molecule has 0 radical (unpaired) electrons. The molecule has 0 spiro atoms. The van der Waals surface area contributed by atoms with Gasteiger partial charge in [0.05, 0.1) is 25.5 Å². The Hall–Kier alpha value is -3.32. The van der Waals surface area contributed by atoms with E-state index >= 15 is 0 Å². The minimum absolute atomic E-state index is 0.282. The maximum atomic E-state index is 13.7. The first kappa shape index (κ1) is 21.9. The van der Waals surface area contributed by atoms with Crippen LogP contribution in [0.4, 0.5) is 5.69 Å². The van der Waals surface area contributed by atoms with Crippen LogP contribution in [0.2, 0.25) is 0 Å². The average Bonchev–Trinajstić information content (AvgIpc) is 3.08. The zero-order chi connectivity index (χ0) is 22.8. The lowest BCUT2D eigenvalue weighted by Gasteiger charge is -2.36. The van der Waals surface area contributed by atoms with Gasteiger partial charge in [0.1, 0.15) is 5.70 Å². The molecular weight excluding hydrogens is 406 g/mol. The summed E-state index contributed by atoms with van der Waals surface area (Å²) in [4.78, 5) is 33.1. The fourth-order valence-electron chi connectivity index (χ4n) is 4.35. The van der Waals surface area contributed by atoms with Crippen molar-refractivity contribution in [1.29, 1.82) is 0 Å². The molecule has 0 saturated carbocycles. The molecule has 0 unspecified atom stereocenters. The number of amides is 2. The molecule has 2 aliphatic rings. The summed E-state index contributed by atoms with van der Waals surface area (Å²) in [7, 11) is 3.13. The van der Waals surface area contributed by atoms with Crippen LogP contribution in [0.1, 0.15) is 18.1 Å². The molecule has 2 aliphatic heterocycles. The van der Waals surface area contributed by atoms with E-state index in [-0.39, 0.29) is 11.8 Å². The molecule has 2 heterocycles. The van der Waals surface area contributed by atoms with Crippen LogP contribution >= 0.6 is 0 Å². The molecular formula is C25H29N3O4. The Morgan fingerprint density at radius 2 is 1.59 bits per heavy atom. The summed E-state index contributed by atoms with van der Waals surface area (Å²) in [5.41, 5.74) is 3.08. The number of aryl methyl sites for hydroxylation is 1. The number of nitrogens with zero attached hydrogens (tertiary/aromatic N) is 3. The number of likely N-dealkylation sites (N-methyl/N-ethyl adjacent to an activating group) is 1. The molecule has 0 bridgehead atoms.